The number of carbonyl (C=O) groups excluding carboxylic acids is 3. The summed E-state index contributed by atoms with van der Waals surface area (Å²) >= 11 is 0.794. The molecule has 1 saturated heterocycles. The van der Waals surface area contributed by atoms with E-state index in [0.717, 1.165) is 42.3 Å². The Morgan fingerprint density at radius 1 is 1.19 bits per heavy atom. The van der Waals surface area contributed by atoms with E-state index in [-0.39, 0.29) is 35.4 Å². The van der Waals surface area contributed by atoms with E-state index >= 15 is 0 Å². The van der Waals surface area contributed by atoms with Crippen LogP contribution in [0.15, 0.2) is 29.2 Å². The van der Waals surface area contributed by atoms with Crippen molar-refractivity contribution in [3.63, 3.8) is 0 Å². The van der Waals surface area contributed by atoms with Gasteiger partial charge in [0.1, 0.15) is 5.82 Å². The van der Waals surface area contributed by atoms with Gasteiger partial charge in [-0.1, -0.05) is 43.9 Å². The van der Waals surface area contributed by atoms with Crippen LogP contribution in [-0.2, 0) is 9.59 Å². The largest absolute Gasteiger partial charge is 0.354 e. The Hall–Kier alpha value is -2.15. The maximum absolute atomic E-state index is 13.8. The highest BCUT2D eigenvalue weighted by Crippen LogP contribution is 2.32. The molecule has 1 aliphatic carbocycles. The normalized spacial score (nSPS) is 20.2. The highest BCUT2D eigenvalue weighted by atomic mass is 32.2. The van der Waals surface area contributed by atoms with Crippen molar-refractivity contribution in [1.29, 1.82) is 0 Å². The van der Waals surface area contributed by atoms with Crippen molar-refractivity contribution in [2.75, 3.05) is 13.1 Å². The molecule has 0 atom stereocenters. The summed E-state index contributed by atoms with van der Waals surface area (Å²) < 4.78 is 13.8. The van der Waals surface area contributed by atoms with Gasteiger partial charge in [0.25, 0.3) is 11.1 Å². The minimum absolute atomic E-state index is 0.00534. The maximum Gasteiger partial charge on any atom is 0.293 e. The van der Waals surface area contributed by atoms with Gasteiger partial charge < -0.3 is 5.32 Å². The predicted octanol–water partition coefficient (Wildman–Crippen LogP) is 3.95. The van der Waals surface area contributed by atoms with Gasteiger partial charge in [0.05, 0.1) is 4.91 Å². The van der Waals surface area contributed by atoms with E-state index < -0.39 is 17.0 Å². The van der Waals surface area contributed by atoms with Crippen LogP contribution in [0, 0.1) is 11.7 Å². The van der Waals surface area contributed by atoms with E-state index in [1.54, 1.807) is 18.2 Å². The van der Waals surface area contributed by atoms with Gasteiger partial charge in [-0.2, -0.15) is 0 Å². The molecule has 1 saturated carbocycles. The second-order valence-electron chi connectivity index (χ2n) is 6.83. The van der Waals surface area contributed by atoms with Crippen LogP contribution in [0.3, 0.4) is 0 Å². The van der Waals surface area contributed by atoms with Crippen molar-refractivity contribution in [2.45, 2.75) is 38.5 Å². The summed E-state index contributed by atoms with van der Waals surface area (Å²) in [5, 5.41) is 2.45. The lowest BCUT2D eigenvalue weighted by atomic mass is 9.99. The number of hydrogen-bond acceptors (Lipinski definition) is 4. The molecule has 1 aromatic rings. The summed E-state index contributed by atoms with van der Waals surface area (Å²) in [5.41, 5.74) is 0.268. The van der Waals surface area contributed by atoms with E-state index in [1.807, 2.05) is 0 Å². The first-order chi connectivity index (χ1) is 13.1. The van der Waals surface area contributed by atoms with Crippen molar-refractivity contribution in [3.8, 4) is 0 Å². The summed E-state index contributed by atoms with van der Waals surface area (Å²) in [6.45, 7) is 0.359. The van der Waals surface area contributed by atoms with E-state index in [0.29, 0.717) is 0 Å². The van der Waals surface area contributed by atoms with Crippen molar-refractivity contribution in [2.24, 2.45) is 5.92 Å². The minimum Gasteiger partial charge on any atom is -0.354 e. The second kappa shape index (κ2) is 9.17. The van der Waals surface area contributed by atoms with Gasteiger partial charge in [0.15, 0.2) is 0 Å². The topological polar surface area (TPSA) is 66.5 Å². The van der Waals surface area contributed by atoms with Crippen molar-refractivity contribution in [1.82, 2.24) is 10.2 Å². The highest BCUT2D eigenvalue weighted by Gasteiger charge is 2.35. The quantitative estimate of drug-likeness (QED) is 0.611. The molecule has 2 aliphatic rings. The Bertz CT molecular complexity index is 757. The van der Waals surface area contributed by atoms with Crippen LogP contribution in [0.5, 0.6) is 0 Å². The van der Waals surface area contributed by atoms with Crippen LogP contribution in [0.2, 0.25) is 0 Å². The number of hydrogen-bond donors (Lipinski definition) is 1. The van der Waals surface area contributed by atoms with Crippen LogP contribution in [-0.4, -0.2) is 35.0 Å². The fraction of sp³-hybridized carbons (Fsp3) is 0.450. The Kier molecular flexibility index (Phi) is 6.66. The Labute approximate surface area is 162 Å². The number of rotatable bonds is 5. The number of nitrogens with zero attached hydrogens (tertiary/aromatic N) is 1. The number of nitrogens with one attached hydrogen (secondary N) is 1. The van der Waals surface area contributed by atoms with E-state index in [4.69, 9.17) is 0 Å². The summed E-state index contributed by atoms with van der Waals surface area (Å²) in [6, 6.07) is 6.09. The Balaban J connectivity index is 1.55. The second-order valence-corrected chi connectivity index (χ2v) is 7.83. The summed E-state index contributed by atoms with van der Waals surface area (Å²) in [4.78, 5) is 38.1. The van der Waals surface area contributed by atoms with Crippen molar-refractivity contribution < 1.29 is 18.8 Å². The Morgan fingerprint density at radius 2 is 1.89 bits per heavy atom. The first-order valence-electron chi connectivity index (χ1n) is 9.34. The smallest absolute Gasteiger partial charge is 0.293 e. The van der Waals surface area contributed by atoms with Gasteiger partial charge in [-0.05, 0) is 36.7 Å². The highest BCUT2D eigenvalue weighted by molar-refractivity contribution is 8.18. The fourth-order valence-electron chi connectivity index (χ4n) is 3.40. The molecule has 3 rings (SSSR count). The molecule has 1 heterocycles. The van der Waals surface area contributed by atoms with Gasteiger partial charge in [-0.3, -0.25) is 19.3 Å². The summed E-state index contributed by atoms with van der Waals surface area (Å²) in [6.07, 6.45) is 7.69. The lowest BCUT2D eigenvalue weighted by Crippen LogP contribution is -2.39. The average molecular weight is 390 g/mol. The SMILES string of the molecule is O=C(NCCN1C(=O)S/C(=C\c2ccccc2F)C1=O)C1CCCCCC1. The van der Waals surface area contributed by atoms with Crippen LogP contribution in [0.1, 0.15) is 44.1 Å². The lowest BCUT2D eigenvalue weighted by Gasteiger charge is -2.16. The monoisotopic (exact) mass is 390 g/mol. The van der Waals surface area contributed by atoms with Gasteiger partial charge in [-0.25, -0.2) is 4.39 Å². The minimum atomic E-state index is -0.447. The van der Waals surface area contributed by atoms with Crippen LogP contribution in [0.25, 0.3) is 6.08 Å². The summed E-state index contributed by atoms with van der Waals surface area (Å²) in [5.74, 6) is -0.855. The molecular formula is C20H23FN2O3S. The third kappa shape index (κ3) is 4.97. The molecule has 1 N–H and O–H groups in total. The number of imide groups is 1. The zero-order valence-corrected chi connectivity index (χ0v) is 15.9. The molecule has 5 nitrogen and oxygen atoms in total. The molecule has 1 aliphatic heterocycles. The van der Waals surface area contributed by atoms with Crippen molar-refractivity contribution >= 4 is 34.9 Å². The third-order valence-corrected chi connectivity index (χ3v) is 5.83. The number of benzene rings is 1. The molecule has 0 spiro atoms. The number of halogens is 1. The van der Waals surface area contributed by atoms with E-state index in [1.165, 1.54) is 25.0 Å². The first-order valence-corrected chi connectivity index (χ1v) is 10.2. The molecule has 0 unspecified atom stereocenters. The molecule has 1 aromatic carbocycles. The van der Waals surface area contributed by atoms with Crippen LogP contribution in [0.4, 0.5) is 9.18 Å². The van der Waals surface area contributed by atoms with E-state index in [2.05, 4.69) is 5.32 Å². The molecule has 2 fully saturated rings. The zero-order chi connectivity index (χ0) is 19.2. The van der Waals surface area contributed by atoms with Gasteiger partial charge >= 0.3 is 0 Å². The van der Waals surface area contributed by atoms with Gasteiger partial charge in [-0.15, -0.1) is 0 Å². The molecule has 144 valence electrons. The molecule has 0 bridgehead atoms. The zero-order valence-electron chi connectivity index (χ0n) is 15.1. The van der Waals surface area contributed by atoms with Crippen LogP contribution >= 0.6 is 11.8 Å². The van der Waals surface area contributed by atoms with Crippen LogP contribution < -0.4 is 5.32 Å². The average Bonchev–Trinajstić information content (AvgIpc) is 2.86. The van der Waals surface area contributed by atoms with Crippen molar-refractivity contribution in [3.05, 3.63) is 40.6 Å². The number of amides is 3. The number of carbonyl (C=O) groups is 3. The number of thioether (sulfide) groups is 1. The molecular weight excluding hydrogens is 367 g/mol. The molecule has 3 amide bonds. The standard InChI is InChI=1S/C20H23FN2O3S/c21-16-10-6-5-9-15(16)13-17-19(25)23(20(26)27-17)12-11-22-18(24)14-7-3-1-2-4-8-14/h5-6,9-10,13-14H,1-4,7-8,11-12H2,(H,22,24)/b17-13-. The predicted molar refractivity (Wildman–Crippen MR) is 103 cm³/mol. The lowest BCUT2D eigenvalue weighted by molar-refractivity contribution is -0.126. The van der Waals surface area contributed by atoms with Gasteiger partial charge in [0.2, 0.25) is 5.91 Å². The molecule has 27 heavy (non-hydrogen) atoms. The van der Waals surface area contributed by atoms with E-state index in [9.17, 15) is 18.8 Å². The third-order valence-electron chi connectivity index (χ3n) is 4.93. The fourth-order valence-corrected chi connectivity index (χ4v) is 4.26. The maximum atomic E-state index is 13.8. The molecule has 0 radical (unpaired) electrons. The Morgan fingerprint density at radius 3 is 2.59 bits per heavy atom. The van der Waals surface area contributed by atoms with Gasteiger partial charge in [0, 0.05) is 24.6 Å². The first kappa shape index (κ1) is 19.6. The molecule has 0 aromatic heterocycles. The molecule has 7 heteroatoms. The summed E-state index contributed by atoms with van der Waals surface area (Å²) in [7, 11) is 0.